The molecule has 0 bridgehead atoms. The molecular weight excluding hydrogens is 291 g/mol. The van der Waals surface area contributed by atoms with E-state index in [2.05, 4.69) is 21.3 Å². The molecule has 2 saturated heterocycles. The smallest absolute Gasteiger partial charge is 0.399 e. The van der Waals surface area contributed by atoms with Gasteiger partial charge in [-0.25, -0.2) is 4.98 Å². The minimum absolute atomic E-state index is 0.401. The summed E-state index contributed by atoms with van der Waals surface area (Å²) < 4.78 is 12.1. The average Bonchev–Trinajstić information content (AvgIpc) is 2.75. The number of nitriles is 1. The lowest BCUT2D eigenvalue weighted by molar-refractivity contribution is 0.00578. The quantitative estimate of drug-likeness (QED) is 0.809. The minimum Gasteiger partial charge on any atom is -0.399 e. The monoisotopic (exact) mass is 314 g/mol. The molecule has 0 atom stereocenters. The van der Waals surface area contributed by atoms with Crippen molar-refractivity contribution in [2.45, 2.75) is 38.9 Å². The zero-order valence-corrected chi connectivity index (χ0v) is 14.2. The summed E-state index contributed by atoms with van der Waals surface area (Å²) in [4.78, 5) is 6.67. The van der Waals surface area contributed by atoms with Gasteiger partial charge < -0.3 is 19.5 Å². The molecule has 2 aliphatic rings. The van der Waals surface area contributed by atoms with E-state index >= 15 is 0 Å². The molecule has 0 amide bonds. The molecule has 6 nitrogen and oxygen atoms in total. The van der Waals surface area contributed by atoms with Gasteiger partial charge in [-0.1, -0.05) is 0 Å². The molecule has 1 aromatic heterocycles. The van der Waals surface area contributed by atoms with E-state index in [1.165, 1.54) is 0 Å². The molecule has 0 unspecified atom stereocenters. The predicted molar refractivity (Wildman–Crippen MR) is 89.8 cm³/mol. The van der Waals surface area contributed by atoms with Gasteiger partial charge in [0.25, 0.3) is 0 Å². The molecule has 2 fully saturated rings. The van der Waals surface area contributed by atoms with Gasteiger partial charge in [0, 0.05) is 37.8 Å². The van der Waals surface area contributed by atoms with Crippen molar-refractivity contribution in [3.63, 3.8) is 0 Å². The van der Waals surface area contributed by atoms with Crippen LogP contribution >= 0.6 is 0 Å². The van der Waals surface area contributed by atoms with Crippen molar-refractivity contribution >= 4 is 18.4 Å². The Morgan fingerprint density at radius 2 is 1.83 bits per heavy atom. The second-order valence-electron chi connectivity index (χ2n) is 7.08. The maximum atomic E-state index is 9.51. The molecule has 2 aliphatic heterocycles. The first-order valence-corrected chi connectivity index (χ1v) is 8.05. The third kappa shape index (κ3) is 2.94. The van der Waals surface area contributed by atoms with Crippen LogP contribution in [0.2, 0.25) is 0 Å². The number of hydrogen-bond acceptors (Lipinski definition) is 6. The SMILES string of the molecule is CC1(C)OB(c2cnc(N3CCNCC3)c(C#N)c2)OC1(C)C. The number of anilines is 1. The van der Waals surface area contributed by atoms with Gasteiger partial charge in [0.05, 0.1) is 16.8 Å². The highest BCUT2D eigenvalue weighted by molar-refractivity contribution is 6.62. The standard InChI is InChI=1S/C16H23BN4O2/c1-15(2)16(3,4)23-17(22-15)13-9-12(10-18)14(20-11-13)21-7-5-19-6-8-21/h9,11,19H,5-8H2,1-4H3. The largest absolute Gasteiger partial charge is 0.496 e. The maximum absolute atomic E-state index is 9.51. The van der Waals surface area contributed by atoms with Crippen LogP contribution in [0.15, 0.2) is 12.3 Å². The van der Waals surface area contributed by atoms with Crippen LogP contribution in [-0.4, -0.2) is 49.5 Å². The van der Waals surface area contributed by atoms with Gasteiger partial charge in [-0.2, -0.15) is 5.26 Å². The van der Waals surface area contributed by atoms with E-state index in [0.29, 0.717) is 5.56 Å². The third-order valence-corrected chi connectivity index (χ3v) is 4.95. The van der Waals surface area contributed by atoms with Crippen molar-refractivity contribution in [2.24, 2.45) is 0 Å². The van der Waals surface area contributed by atoms with Crippen LogP contribution in [-0.2, 0) is 9.31 Å². The first-order chi connectivity index (χ1) is 10.8. The van der Waals surface area contributed by atoms with Crippen LogP contribution in [0.4, 0.5) is 5.82 Å². The highest BCUT2D eigenvalue weighted by Crippen LogP contribution is 2.36. The van der Waals surface area contributed by atoms with Gasteiger partial charge in [-0.15, -0.1) is 0 Å². The van der Waals surface area contributed by atoms with Crippen LogP contribution in [0.1, 0.15) is 33.3 Å². The second-order valence-corrected chi connectivity index (χ2v) is 7.08. The Morgan fingerprint density at radius 1 is 1.22 bits per heavy atom. The summed E-state index contributed by atoms with van der Waals surface area (Å²) >= 11 is 0. The molecule has 1 aromatic rings. The number of piperazine rings is 1. The lowest BCUT2D eigenvalue weighted by atomic mass is 9.79. The fraction of sp³-hybridized carbons (Fsp3) is 0.625. The van der Waals surface area contributed by atoms with Gasteiger partial charge in [-0.3, -0.25) is 0 Å². The molecule has 3 rings (SSSR count). The second kappa shape index (κ2) is 5.79. The molecule has 23 heavy (non-hydrogen) atoms. The summed E-state index contributed by atoms with van der Waals surface area (Å²) in [6.45, 7) is 11.6. The van der Waals surface area contributed by atoms with Gasteiger partial charge in [0.1, 0.15) is 11.9 Å². The van der Waals surface area contributed by atoms with Crippen LogP contribution in [0.25, 0.3) is 0 Å². The van der Waals surface area contributed by atoms with E-state index in [0.717, 1.165) is 37.5 Å². The highest BCUT2D eigenvalue weighted by Gasteiger charge is 2.51. The molecule has 1 N–H and O–H groups in total. The summed E-state index contributed by atoms with van der Waals surface area (Å²) in [5, 5.41) is 12.8. The van der Waals surface area contributed by atoms with E-state index in [1.54, 1.807) is 6.20 Å². The first kappa shape index (κ1) is 16.3. The van der Waals surface area contributed by atoms with Crippen molar-refractivity contribution in [2.75, 3.05) is 31.1 Å². The molecule has 7 heteroatoms. The average molecular weight is 314 g/mol. The van der Waals surface area contributed by atoms with Crippen LogP contribution in [0, 0.1) is 11.3 Å². The molecule has 0 aromatic carbocycles. The molecule has 0 radical (unpaired) electrons. The number of hydrogen-bond donors (Lipinski definition) is 1. The van der Waals surface area contributed by atoms with Crippen molar-refractivity contribution in [3.05, 3.63) is 17.8 Å². The van der Waals surface area contributed by atoms with Gasteiger partial charge in [0.2, 0.25) is 0 Å². The van der Waals surface area contributed by atoms with Crippen molar-refractivity contribution in [1.82, 2.24) is 10.3 Å². The summed E-state index contributed by atoms with van der Waals surface area (Å²) in [6, 6.07) is 4.10. The van der Waals surface area contributed by atoms with Crippen LogP contribution in [0.3, 0.4) is 0 Å². The normalized spacial score (nSPS) is 22.9. The number of nitrogens with one attached hydrogen (secondary N) is 1. The lowest BCUT2D eigenvalue weighted by Crippen LogP contribution is -2.44. The van der Waals surface area contributed by atoms with Gasteiger partial charge >= 0.3 is 7.12 Å². The summed E-state index contributed by atoms with van der Waals surface area (Å²) in [7, 11) is -0.489. The fourth-order valence-corrected chi connectivity index (χ4v) is 2.79. The molecule has 0 aliphatic carbocycles. The Balaban J connectivity index is 1.87. The Bertz CT molecular complexity index is 619. The van der Waals surface area contributed by atoms with E-state index in [4.69, 9.17) is 9.31 Å². The summed E-state index contributed by atoms with van der Waals surface area (Å²) in [5.74, 6) is 0.745. The van der Waals surface area contributed by atoms with E-state index in [-0.39, 0.29) is 0 Å². The zero-order valence-electron chi connectivity index (χ0n) is 14.2. The molecular formula is C16H23BN4O2. The number of pyridine rings is 1. The van der Waals surface area contributed by atoms with Crippen LogP contribution < -0.4 is 15.7 Å². The van der Waals surface area contributed by atoms with Gasteiger partial charge in [0.15, 0.2) is 0 Å². The Kier molecular flexibility index (Phi) is 4.09. The van der Waals surface area contributed by atoms with Crippen molar-refractivity contribution in [1.29, 1.82) is 5.26 Å². The minimum atomic E-state index is -0.489. The predicted octanol–water partition coefficient (Wildman–Crippen LogP) is 0.662. The fourth-order valence-electron chi connectivity index (χ4n) is 2.79. The molecule has 122 valence electrons. The molecule has 3 heterocycles. The highest BCUT2D eigenvalue weighted by atomic mass is 16.7. The topological polar surface area (TPSA) is 70.4 Å². The summed E-state index contributed by atoms with van der Waals surface area (Å²) in [5.41, 5.74) is 0.557. The Labute approximate surface area is 137 Å². The maximum Gasteiger partial charge on any atom is 0.496 e. The van der Waals surface area contributed by atoms with Crippen molar-refractivity contribution < 1.29 is 9.31 Å². The number of rotatable bonds is 2. The third-order valence-electron chi connectivity index (χ3n) is 4.95. The van der Waals surface area contributed by atoms with E-state index in [9.17, 15) is 5.26 Å². The van der Waals surface area contributed by atoms with Gasteiger partial charge in [-0.05, 0) is 33.8 Å². The lowest BCUT2D eigenvalue weighted by Gasteiger charge is -2.32. The first-order valence-electron chi connectivity index (χ1n) is 8.05. The Hall–Kier alpha value is -1.62. The van der Waals surface area contributed by atoms with Crippen molar-refractivity contribution in [3.8, 4) is 6.07 Å². The Morgan fingerprint density at radius 3 is 2.39 bits per heavy atom. The van der Waals surface area contributed by atoms with E-state index < -0.39 is 18.3 Å². The molecule has 0 saturated carbocycles. The molecule has 0 spiro atoms. The summed E-state index contributed by atoms with van der Waals surface area (Å²) in [6.07, 6.45) is 1.76. The van der Waals surface area contributed by atoms with Crippen LogP contribution in [0.5, 0.6) is 0 Å². The zero-order chi connectivity index (χ0) is 16.7. The number of aromatic nitrogens is 1. The van der Waals surface area contributed by atoms with E-state index in [1.807, 2.05) is 33.8 Å². The number of nitrogens with zero attached hydrogens (tertiary/aromatic N) is 3.